The molecule has 0 fully saturated rings. The van der Waals surface area contributed by atoms with E-state index in [1.807, 2.05) is 31.3 Å². The van der Waals surface area contributed by atoms with E-state index in [1.54, 1.807) is 14.0 Å². The predicted octanol–water partition coefficient (Wildman–Crippen LogP) is 1.73. The molecule has 0 aliphatic heterocycles. The number of anilines is 1. The van der Waals surface area contributed by atoms with E-state index in [2.05, 4.69) is 5.32 Å². The number of rotatable bonds is 7. The number of halogens is 1. The smallest absolute Gasteiger partial charge is 0.341 e. The van der Waals surface area contributed by atoms with Crippen molar-refractivity contribution < 1.29 is 19.2 Å². The van der Waals surface area contributed by atoms with Gasteiger partial charge in [-0.1, -0.05) is 23.7 Å². The molecule has 6 nitrogen and oxygen atoms in total. The number of hydrogen-bond donors (Lipinski definition) is 3. The molecule has 0 saturated carbocycles. The Labute approximate surface area is 161 Å². The Morgan fingerprint density at radius 2 is 1.92 bits per heavy atom. The van der Waals surface area contributed by atoms with Crippen LogP contribution in [0.15, 0.2) is 24.3 Å². The lowest BCUT2D eigenvalue weighted by Gasteiger charge is -2.16. The average Bonchev–Trinajstić information content (AvgIpc) is 2.92. The van der Waals surface area contributed by atoms with Crippen molar-refractivity contribution in [3.63, 3.8) is 0 Å². The van der Waals surface area contributed by atoms with Crippen molar-refractivity contribution in [3.8, 4) is 0 Å². The Bertz CT molecular complexity index is 790. The molecular formula is C18H23ClN3O3S+. The van der Waals surface area contributed by atoms with Gasteiger partial charge in [-0.2, -0.15) is 0 Å². The number of ether oxygens (including phenoxy) is 1. The maximum atomic E-state index is 12.3. The number of carbonyl (C=O) groups excluding carboxylic acids is 2. The zero-order valence-electron chi connectivity index (χ0n) is 15.0. The topological polar surface area (TPSA) is 85.9 Å². The Hall–Kier alpha value is -2.09. The van der Waals surface area contributed by atoms with Gasteiger partial charge in [-0.05, 0) is 19.1 Å². The van der Waals surface area contributed by atoms with Crippen molar-refractivity contribution in [2.75, 3.05) is 26.4 Å². The van der Waals surface area contributed by atoms with E-state index in [4.69, 9.17) is 22.1 Å². The molecule has 0 spiro atoms. The number of benzene rings is 1. The van der Waals surface area contributed by atoms with Crippen molar-refractivity contribution in [3.05, 3.63) is 50.9 Å². The molecule has 8 heteroatoms. The van der Waals surface area contributed by atoms with Crippen LogP contribution >= 0.6 is 22.9 Å². The fraction of sp³-hybridized carbons (Fsp3) is 0.333. The zero-order chi connectivity index (χ0) is 19.3. The highest BCUT2D eigenvalue weighted by Crippen LogP contribution is 2.31. The molecule has 1 aromatic carbocycles. The molecule has 0 aliphatic rings. The SMILES string of the molecule is CCOC(=O)c1c(N)sc(C(=O)NC)c1C[NH+](C)Cc1ccc(Cl)cc1. The lowest BCUT2D eigenvalue weighted by molar-refractivity contribution is -0.907. The first-order valence-corrected chi connectivity index (χ1v) is 9.42. The van der Waals surface area contributed by atoms with E-state index in [0.29, 0.717) is 39.1 Å². The first-order chi connectivity index (χ1) is 12.4. The van der Waals surface area contributed by atoms with Crippen molar-refractivity contribution >= 4 is 39.8 Å². The van der Waals surface area contributed by atoms with E-state index in [9.17, 15) is 9.59 Å². The summed E-state index contributed by atoms with van der Waals surface area (Å²) < 4.78 is 5.12. The number of carbonyl (C=O) groups is 2. The Balaban J connectivity index is 2.31. The number of quaternary nitrogens is 1. The molecule has 140 valence electrons. The van der Waals surface area contributed by atoms with Crippen LogP contribution in [0, 0.1) is 0 Å². The summed E-state index contributed by atoms with van der Waals surface area (Å²) in [5.74, 6) is -0.753. The molecule has 0 bridgehead atoms. The number of nitrogens with one attached hydrogen (secondary N) is 2. The Kier molecular flexibility index (Phi) is 7.02. The predicted molar refractivity (Wildman–Crippen MR) is 104 cm³/mol. The maximum Gasteiger partial charge on any atom is 0.341 e. The van der Waals surface area contributed by atoms with Crippen LogP contribution in [0.4, 0.5) is 5.00 Å². The first-order valence-electron chi connectivity index (χ1n) is 8.23. The van der Waals surface area contributed by atoms with Crippen LogP contribution in [0.5, 0.6) is 0 Å². The van der Waals surface area contributed by atoms with Crippen LogP contribution in [0.1, 0.15) is 38.1 Å². The van der Waals surface area contributed by atoms with Crippen molar-refractivity contribution in [1.29, 1.82) is 0 Å². The molecule has 0 aliphatic carbocycles. The first kappa shape index (κ1) is 20.2. The van der Waals surface area contributed by atoms with Crippen LogP contribution in [-0.4, -0.2) is 32.6 Å². The summed E-state index contributed by atoms with van der Waals surface area (Å²) in [6, 6.07) is 7.60. The molecule has 1 atom stereocenters. The largest absolute Gasteiger partial charge is 0.462 e. The molecule has 1 amide bonds. The fourth-order valence-corrected chi connectivity index (χ4v) is 3.84. The van der Waals surface area contributed by atoms with Gasteiger partial charge in [0.1, 0.15) is 28.5 Å². The monoisotopic (exact) mass is 396 g/mol. The summed E-state index contributed by atoms with van der Waals surface area (Å²) in [6.45, 7) is 3.16. The minimum Gasteiger partial charge on any atom is -0.462 e. The van der Waals surface area contributed by atoms with Crippen LogP contribution in [0.25, 0.3) is 0 Å². The lowest BCUT2D eigenvalue weighted by Crippen LogP contribution is -3.06. The van der Waals surface area contributed by atoms with Crippen LogP contribution in [0.2, 0.25) is 5.02 Å². The molecule has 2 rings (SSSR count). The maximum absolute atomic E-state index is 12.3. The average molecular weight is 397 g/mol. The van der Waals surface area contributed by atoms with Gasteiger partial charge in [-0.15, -0.1) is 11.3 Å². The van der Waals surface area contributed by atoms with Gasteiger partial charge < -0.3 is 20.7 Å². The summed E-state index contributed by atoms with van der Waals surface area (Å²) >= 11 is 7.03. The molecule has 1 aromatic heterocycles. The number of thiophene rings is 1. The number of amides is 1. The van der Waals surface area contributed by atoms with Gasteiger partial charge in [0.2, 0.25) is 0 Å². The van der Waals surface area contributed by atoms with Crippen LogP contribution in [0.3, 0.4) is 0 Å². The van der Waals surface area contributed by atoms with Gasteiger partial charge in [0.05, 0.1) is 13.7 Å². The van der Waals surface area contributed by atoms with Crippen molar-refractivity contribution in [2.45, 2.75) is 20.0 Å². The number of nitrogen functional groups attached to an aromatic ring is 1. The highest BCUT2D eigenvalue weighted by Gasteiger charge is 2.28. The third-order valence-corrected chi connectivity index (χ3v) is 5.16. The standard InChI is InChI=1S/C18H22ClN3O3S/c1-4-25-18(24)14-13(15(17(23)21-2)26-16(14)20)10-22(3)9-11-5-7-12(19)8-6-11/h5-8H,4,9-10,20H2,1-3H3,(H,21,23)/p+1. The summed E-state index contributed by atoms with van der Waals surface area (Å²) in [4.78, 5) is 26.1. The van der Waals surface area contributed by atoms with Crippen LogP contribution in [-0.2, 0) is 17.8 Å². The second-order valence-corrected chi connectivity index (χ2v) is 7.37. The molecule has 26 heavy (non-hydrogen) atoms. The Morgan fingerprint density at radius 1 is 1.27 bits per heavy atom. The molecule has 4 N–H and O–H groups in total. The molecule has 0 radical (unpaired) electrons. The van der Waals surface area contributed by atoms with Crippen molar-refractivity contribution in [2.24, 2.45) is 0 Å². The van der Waals surface area contributed by atoms with E-state index < -0.39 is 5.97 Å². The fourth-order valence-electron chi connectivity index (χ4n) is 2.69. The van der Waals surface area contributed by atoms with E-state index in [0.717, 1.165) is 21.8 Å². The third kappa shape index (κ3) is 4.75. The third-order valence-electron chi connectivity index (χ3n) is 3.84. The zero-order valence-corrected chi connectivity index (χ0v) is 16.6. The van der Waals surface area contributed by atoms with E-state index >= 15 is 0 Å². The molecule has 0 saturated heterocycles. The van der Waals surface area contributed by atoms with Gasteiger partial charge >= 0.3 is 5.97 Å². The highest BCUT2D eigenvalue weighted by molar-refractivity contribution is 7.18. The molecule has 1 unspecified atom stereocenters. The second kappa shape index (κ2) is 9.02. The van der Waals surface area contributed by atoms with Gasteiger partial charge in [0, 0.05) is 23.2 Å². The van der Waals surface area contributed by atoms with Crippen LogP contribution < -0.4 is 16.0 Å². The molecule has 1 heterocycles. The Morgan fingerprint density at radius 3 is 2.50 bits per heavy atom. The number of esters is 1. The number of nitrogens with two attached hydrogens (primary N) is 1. The summed E-state index contributed by atoms with van der Waals surface area (Å²) in [5, 5.41) is 3.59. The minimum atomic E-state index is -0.495. The molecule has 2 aromatic rings. The summed E-state index contributed by atoms with van der Waals surface area (Å²) in [5.41, 5.74) is 8.05. The van der Waals surface area contributed by atoms with E-state index in [-0.39, 0.29) is 12.5 Å². The lowest BCUT2D eigenvalue weighted by atomic mass is 10.1. The van der Waals surface area contributed by atoms with Gasteiger partial charge in [0.25, 0.3) is 5.91 Å². The highest BCUT2D eigenvalue weighted by atomic mass is 35.5. The number of hydrogen-bond acceptors (Lipinski definition) is 5. The van der Waals surface area contributed by atoms with Crippen molar-refractivity contribution in [1.82, 2.24) is 5.32 Å². The van der Waals surface area contributed by atoms with Gasteiger partial charge in [-0.3, -0.25) is 4.79 Å². The molecular weight excluding hydrogens is 374 g/mol. The van der Waals surface area contributed by atoms with E-state index in [1.165, 1.54) is 0 Å². The second-order valence-electron chi connectivity index (χ2n) is 5.89. The van der Waals surface area contributed by atoms with Gasteiger partial charge in [-0.25, -0.2) is 4.79 Å². The summed E-state index contributed by atoms with van der Waals surface area (Å²) in [7, 11) is 3.54. The normalized spacial score (nSPS) is 11.8. The quantitative estimate of drug-likeness (QED) is 0.622. The summed E-state index contributed by atoms with van der Waals surface area (Å²) in [6.07, 6.45) is 0. The van der Waals surface area contributed by atoms with Gasteiger partial charge in [0.15, 0.2) is 0 Å². The minimum absolute atomic E-state index is 0.246.